The second kappa shape index (κ2) is 7.45. The Balaban J connectivity index is 1.81. The molecule has 0 aliphatic rings. The second-order valence-corrected chi connectivity index (χ2v) is 6.59. The molecule has 0 unspecified atom stereocenters. The first kappa shape index (κ1) is 18.4. The molecule has 1 aromatic heterocycles. The lowest BCUT2D eigenvalue weighted by molar-refractivity contribution is -0.116. The zero-order chi connectivity index (χ0) is 19.6. The van der Waals surface area contributed by atoms with Gasteiger partial charge in [0.15, 0.2) is 5.43 Å². The van der Waals surface area contributed by atoms with Crippen LogP contribution in [0.4, 0.5) is 11.4 Å². The summed E-state index contributed by atoms with van der Waals surface area (Å²) in [7, 11) is 0. The highest BCUT2D eigenvalue weighted by Gasteiger charge is 2.10. The molecule has 27 heavy (non-hydrogen) atoms. The SMILES string of the molecule is CC(=O)Nc1ccc(NC(=O)Cn2ccc(=O)c3c(C)cc(C)cc32)cc1. The Morgan fingerprint density at radius 1 is 0.963 bits per heavy atom. The lowest BCUT2D eigenvalue weighted by Gasteiger charge is -2.13. The third-order valence-electron chi connectivity index (χ3n) is 4.22. The van der Waals surface area contributed by atoms with Crippen molar-refractivity contribution < 1.29 is 9.59 Å². The van der Waals surface area contributed by atoms with Gasteiger partial charge in [-0.15, -0.1) is 0 Å². The van der Waals surface area contributed by atoms with Crippen LogP contribution in [-0.4, -0.2) is 16.4 Å². The molecule has 2 aromatic carbocycles. The number of carbonyl (C=O) groups excluding carboxylic acids is 2. The van der Waals surface area contributed by atoms with E-state index < -0.39 is 0 Å². The summed E-state index contributed by atoms with van der Waals surface area (Å²) in [5.41, 5.74) is 3.93. The molecule has 138 valence electrons. The second-order valence-electron chi connectivity index (χ2n) is 6.59. The Bertz CT molecular complexity index is 1080. The molecule has 0 radical (unpaired) electrons. The average Bonchev–Trinajstić information content (AvgIpc) is 2.58. The van der Waals surface area contributed by atoms with Crippen LogP contribution >= 0.6 is 0 Å². The van der Waals surface area contributed by atoms with E-state index in [0.29, 0.717) is 16.8 Å². The van der Waals surface area contributed by atoms with E-state index in [1.807, 2.05) is 26.0 Å². The third-order valence-corrected chi connectivity index (χ3v) is 4.22. The molecule has 0 saturated carbocycles. The average molecular weight is 363 g/mol. The fourth-order valence-electron chi connectivity index (χ4n) is 3.15. The highest BCUT2D eigenvalue weighted by atomic mass is 16.2. The third kappa shape index (κ3) is 4.23. The maximum Gasteiger partial charge on any atom is 0.244 e. The van der Waals surface area contributed by atoms with Crippen LogP contribution in [0.5, 0.6) is 0 Å². The van der Waals surface area contributed by atoms with E-state index in [0.717, 1.165) is 16.6 Å². The standard InChI is InChI=1S/C21H21N3O3/c1-13-10-14(2)21-18(11-13)24(9-8-19(21)26)12-20(27)23-17-6-4-16(5-7-17)22-15(3)25/h4-11H,12H2,1-3H3,(H,22,25)(H,23,27). The molecule has 0 fully saturated rings. The number of fused-ring (bicyclic) bond motifs is 1. The van der Waals surface area contributed by atoms with Gasteiger partial charge in [0.25, 0.3) is 0 Å². The van der Waals surface area contributed by atoms with Crippen LogP contribution in [0.1, 0.15) is 18.1 Å². The molecular formula is C21H21N3O3. The highest BCUT2D eigenvalue weighted by molar-refractivity contribution is 5.93. The van der Waals surface area contributed by atoms with Crippen LogP contribution in [-0.2, 0) is 16.1 Å². The van der Waals surface area contributed by atoms with Gasteiger partial charge in [-0.25, -0.2) is 0 Å². The van der Waals surface area contributed by atoms with E-state index in [1.165, 1.54) is 13.0 Å². The number of hydrogen-bond donors (Lipinski definition) is 2. The molecule has 3 rings (SSSR count). The van der Waals surface area contributed by atoms with Gasteiger partial charge in [0.05, 0.1) is 5.52 Å². The number of amides is 2. The van der Waals surface area contributed by atoms with E-state index in [-0.39, 0.29) is 23.8 Å². The summed E-state index contributed by atoms with van der Waals surface area (Å²) in [6.07, 6.45) is 1.64. The van der Waals surface area contributed by atoms with Gasteiger partial charge in [0.2, 0.25) is 11.8 Å². The Morgan fingerprint density at radius 2 is 1.59 bits per heavy atom. The predicted molar refractivity (Wildman–Crippen MR) is 107 cm³/mol. The summed E-state index contributed by atoms with van der Waals surface area (Å²) in [6.45, 7) is 5.39. The number of hydrogen-bond acceptors (Lipinski definition) is 3. The predicted octanol–water partition coefficient (Wildman–Crippen LogP) is 3.22. The molecular weight excluding hydrogens is 342 g/mol. The van der Waals surface area contributed by atoms with E-state index in [2.05, 4.69) is 10.6 Å². The fraction of sp³-hybridized carbons (Fsp3) is 0.190. The van der Waals surface area contributed by atoms with E-state index in [4.69, 9.17) is 0 Å². The van der Waals surface area contributed by atoms with Gasteiger partial charge in [-0.2, -0.15) is 0 Å². The van der Waals surface area contributed by atoms with Gasteiger partial charge < -0.3 is 15.2 Å². The number of pyridine rings is 1. The number of aryl methyl sites for hydroxylation is 2. The lowest BCUT2D eigenvalue weighted by atomic mass is 10.1. The Labute approximate surface area is 156 Å². The molecule has 3 aromatic rings. The van der Waals surface area contributed by atoms with Gasteiger partial charge in [0, 0.05) is 35.9 Å². The van der Waals surface area contributed by atoms with Gasteiger partial charge in [-0.05, 0) is 55.3 Å². The maximum atomic E-state index is 12.5. The molecule has 6 heteroatoms. The van der Waals surface area contributed by atoms with E-state index in [1.54, 1.807) is 35.0 Å². The van der Waals surface area contributed by atoms with Crippen LogP contribution in [0, 0.1) is 13.8 Å². The van der Waals surface area contributed by atoms with Gasteiger partial charge >= 0.3 is 0 Å². The fourth-order valence-corrected chi connectivity index (χ4v) is 3.15. The van der Waals surface area contributed by atoms with Crippen LogP contribution in [0.2, 0.25) is 0 Å². The maximum absolute atomic E-state index is 12.5. The van der Waals surface area contributed by atoms with Crippen molar-refractivity contribution in [2.75, 3.05) is 10.6 Å². The van der Waals surface area contributed by atoms with Crippen molar-refractivity contribution in [1.82, 2.24) is 4.57 Å². The number of carbonyl (C=O) groups is 2. The number of nitrogens with zero attached hydrogens (tertiary/aromatic N) is 1. The van der Waals surface area contributed by atoms with Gasteiger partial charge in [-0.3, -0.25) is 14.4 Å². The molecule has 0 aliphatic heterocycles. The molecule has 0 saturated heterocycles. The molecule has 0 bridgehead atoms. The lowest BCUT2D eigenvalue weighted by Crippen LogP contribution is -2.20. The normalized spacial score (nSPS) is 10.6. The summed E-state index contributed by atoms with van der Waals surface area (Å²) in [6, 6.07) is 12.3. The van der Waals surface area contributed by atoms with E-state index >= 15 is 0 Å². The number of rotatable bonds is 4. The summed E-state index contributed by atoms with van der Waals surface area (Å²) in [5.74, 6) is -0.353. The van der Waals surface area contributed by atoms with Gasteiger partial charge in [-0.1, -0.05) is 6.07 Å². The largest absolute Gasteiger partial charge is 0.338 e. The summed E-state index contributed by atoms with van der Waals surface area (Å²) in [5, 5.41) is 6.14. The Kier molecular flexibility index (Phi) is 5.07. The molecule has 0 atom stereocenters. The number of benzene rings is 2. The zero-order valence-electron chi connectivity index (χ0n) is 15.5. The first-order valence-corrected chi connectivity index (χ1v) is 8.61. The minimum absolute atomic E-state index is 0.0484. The number of anilines is 2. The molecule has 6 nitrogen and oxygen atoms in total. The van der Waals surface area contributed by atoms with Crippen molar-refractivity contribution in [1.29, 1.82) is 0 Å². The minimum Gasteiger partial charge on any atom is -0.338 e. The van der Waals surface area contributed by atoms with Crippen LogP contribution in [0.15, 0.2) is 53.5 Å². The minimum atomic E-state index is -0.202. The Morgan fingerprint density at radius 3 is 2.22 bits per heavy atom. The molecule has 2 N–H and O–H groups in total. The van der Waals surface area contributed by atoms with Crippen LogP contribution in [0.3, 0.4) is 0 Å². The summed E-state index contributed by atoms with van der Waals surface area (Å²) >= 11 is 0. The van der Waals surface area contributed by atoms with Crippen molar-refractivity contribution in [3.05, 3.63) is 70.0 Å². The van der Waals surface area contributed by atoms with Crippen molar-refractivity contribution in [2.24, 2.45) is 0 Å². The molecule has 1 heterocycles. The topological polar surface area (TPSA) is 80.2 Å². The van der Waals surface area contributed by atoms with Gasteiger partial charge in [0.1, 0.15) is 6.54 Å². The first-order chi connectivity index (χ1) is 12.8. The van der Waals surface area contributed by atoms with Crippen LogP contribution in [0.25, 0.3) is 10.9 Å². The van der Waals surface area contributed by atoms with Crippen molar-refractivity contribution in [3.63, 3.8) is 0 Å². The number of aromatic nitrogens is 1. The summed E-state index contributed by atoms with van der Waals surface area (Å²) in [4.78, 5) is 35.7. The first-order valence-electron chi connectivity index (χ1n) is 8.61. The monoisotopic (exact) mass is 363 g/mol. The Hall–Kier alpha value is -3.41. The van der Waals surface area contributed by atoms with Crippen molar-refractivity contribution in [2.45, 2.75) is 27.3 Å². The molecule has 2 amide bonds. The van der Waals surface area contributed by atoms with E-state index in [9.17, 15) is 14.4 Å². The smallest absolute Gasteiger partial charge is 0.244 e. The highest BCUT2D eigenvalue weighted by Crippen LogP contribution is 2.18. The number of nitrogens with one attached hydrogen (secondary N) is 2. The van der Waals surface area contributed by atoms with Crippen LogP contribution < -0.4 is 16.1 Å². The van der Waals surface area contributed by atoms with Crippen molar-refractivity contribution >= 4 is 34.1 Å². The summed E-state index contributed by atoms with van der Waals surface area (Å²) < 4.78 is 1.78. The molecule has 0 spiro atoms. The molecule has 0 aliphatic carbocycles. The zero-order valence-corrected chi connectivity index (χ0v) is 15.5. The van der Waals surface area contributed by atoms with Crippen molar-refractivity contribution in [3.8, 4) is 0 Å². The quantitative estimate of drug-likeness (QED) is 0.747.